The molecule has 0 aliphatic carbocycles. The zero-order valence-electron chi connectivity index (χ0n) is 16.5. The molecule has 1 heterocycles. The van der Waals surface area contributed by atoms with Gasteiger partial charge in [-0.1, -0.05) is 48.5 Å². The SMILES string of the molecule is O=c1cc(-c2ccccc2)nc(N/N=C/c2ccc(OCc3ccccc3F)cc2)[nH]1. The van der Waals surface area contributed by atoms with Gasteiger partial charge in [-0.25, -0.2) is 14.8 Å². The average molecular weight is 414 g/mol. The van der Waals surface area contributed by atoms with Crippen molar-refractivity contribution in [2.75, 3.05) is 5.43 Å². The van der Waals surface area contributed by atoms with Crippen LogP contribution in [0.25, 0.3) is 11.3 Å². The third-order valence-electron chi connectivity index (χ3n) is 4.43. The monoisotopic (exact) mass is 414 g/mol. The Kier molecular flexibility index (Phi) is 6.13. The number of H-pyrrole nitrogens is 1. The van der Waals surface area contributed by atoms with E-state index in [1.807, 2.05) is 42.5 Å². The molecule has 7 heteroatoms. The molecule has 0 saturated heterocycles. The first kappa shape index (κ1) is 20.0. The van der Waals surface area contributed by atoms with E-state index < -0.39 is 0 Å². The predicted molar refractivity (Wildman–Crippen MR) is 119 cm³/mol. The molecule has 0 spiro atoms. The zero-order chi connectivity index (χ0) is 21.5. The summed E-state index contributed by atoms with van der Waals surface area (Å²) in [6, 6.07) is 24.6. The molecule has 0 aliphatic heterocycles. The van der Waals surface area contributed by atoms with Crippen LogP contribution in [0.4, 0.5) is 10.3 Å². The highest BCUT2D eigenvalue weighted by atomic mass is 19.1. The van der Waals surface area contributed by atoms with Gasteiger partial charge in [-0.15, -0.1) is 0 Å². The van der Waals surface area contributed by atoms with Gasteiger partial charge in [-0.05, 0) is 35.9 Å². The molecule has 4 rings (SSSR count). The number of hydrogen-bond acceptors (Lipinski definition) is 5. The highest BCUT2D eigenvalue weighted by molar-refractivity contribution is 5.80. The van der Waals surface area contributed by atoms with Crippen LogP contribution in [-0.2, 0) is 6.61 Å². The second kappa shape index (κ2) is 9.49. The van der Waals surface area contributed by atoms with Crippen LogP contribution < -0.4 is 15.7 Å². The average Bonchev–Trinajstić information content (AvgIpc) is 2.80. The first-order chi connectivity index (χ1) is 15.2. The molecule has 0 unspecified atom stereocenters. The van der Waals surface area contributed by atoms with Gasteiger partial charge in [0.05, 0.1) is 11.9 Å². The number of nitrogens with one attached hydrogen (secondary N) is 2. The molecule has 31 heavy (non-hydrogen) atoms. The van der Waals surface area contributed by atoms with Crippen LogP contribution in [0.1, 0.15) is 11.1 Å². The topological polar surface area (TPSA) is 79.4 Å². The molecule has 154 valence electrons. The molecule has 0 amide bonds. The molecule has 0 atom stereocenters. The summed E-state index contributed by atoms with van der Waals surface area (Å²) in [5.41, 5.74) is 5.17. The van der Waals surface area contributed by atoms with E-state index in [1.165, 1.54) is 12.1 Å². The Labute approximate surface area is 178 Å². The van der Waals surface area contributed by atoms with Crippen molar-refractivity contribution >= 4 is 12.2 Å². The van der Waals surface area contributed by atoms with Crippen LogP contribution >= 0.6 is 0 Å². The molecule has 0 fully saturated rings. The van der Waals surface area contributed by atoms with Gasteiger partial charge in [0.2, 0.25) is 5.95 Å². The number of hydrogen-bond donors (Lipinski definition) is 2. The summed E-state index contributed by atoms with van der Waals surface area (Å²) >= 11 is 0. The Morgan fingerprint density at radius 2 is 1.74 bits per heavy atom. The number of anilines is 1. The third-order valence-corrected chi connectivity index (χ3v) is 4.43. The Hall–Kier alpha value is -4.26. The van der Waals surface area contributed by atoms with E-state index in [0.29, 0.717) is 17.0 Å². The van der Waals surface area contributed by atoms with E-state index in [2.05, 4.69) is 20.5 Å². The Morgan fingerprint density at radius 3 is 2.52 bits per heavy atom. The van der Waals surface area contributed by atoms with E-state index in [0.717, 1.165) is 11.1 Å². The largest absolute Gasteiger partial charge is 0.489 e. The molecule has 6 nitrogen and oxygen atoms in total. The van der Waals surface area contributed by atoms with Crippen molar-refractivity contribution in [3.05, 3.63) is 112 Å². The second-order valence-electron chi connectivity index (χ2n) is 6.66. The standard InChI is InChI=1S/C24H19FN4O2/c25-21-9-5-4-8-19(21)16-31-20-12-10-17(11-13-20)15-26-29-24-27-22(14-23(30)28-24)18-6-2-1-3-7-18/h1-15H,16H2,(H2,27,28,29,30)/b26-15+. The molecular formula is C24H19FN4O2. The van der Waals surface area contributed by atoms with Crippen molar-refractivity contribution in [2.45, 2.75) is 6.61 Å². The van der Waals surface area contributed by atoms with Crippen LogP contribution in [0.5, 0.6) is 5.75 Å². The Balaban J connectivity index is 1.38. The normalized spacial score (nSPS) is 10.9. The van der Waals surface area contributed by atoms with Gasteiger partial charge in [0.15, 0.2) is 0 Å². The van der Waals surface area contributed by atoms with Crippen LogP contribution in [-0.4, -0.2) is 16.2 Å². The number of halogens is 1. The molecule has 0 aliphatic rings. The first-order valence-corrected chi connectivity index (χ1v) is 9.59. The smallest absolute Gasteiger partial charge is 0.252 e. The van der Waals surface area contributed by atoms with Gasteiger partial charge < -0.3 is 4.74 Å². The van der Waals surface area contributed by atoms with Gasteiger partial charge >= 0.3 is 0 Å². The van der Waals surface area contributed by atoms with E-state index >= 15 is 0 Å². The number of aromatic nitrogens is 2. The fourth-order valence-corrected chi connectivity index (χ4v) is 2.86. The van der Waals surface area contributed by atoms with Crippen LogP contribution in [0, 0.1) is 5.82 Å². The number of benzene rings is 3. The fourth-order valence-electron chi connectivity index (χ4n) is 2.86. The van der Waals surface area contributed by atoms with E-state index in [-0.39, 0.29) is 23.9 Å². The summed E-state index contributed by atoms with van der Waals surface area (Å²) < 4.78 is 19.3. The molecule has 4 aromatic rings. The van der Waals surface area contributed by atoms with Gasteiger partial charge in [0, 0.05) is 17.2 Å². The van der Waals surface area contributed by atoms with Crippen molar-refractivity contribution in [2.24, 2.45) is 5.10 Å². The number of hydrazone groups is 1. The predicted octanol–water partition coefficient (Wildman–Crippen LogP) is 4.60. The summed E-state index contributed by atoms with van der Waals surface area (Å²) in [7, 11) is 0. The maximum atomic E-state index is 13.7. The molecule has 0 saturated carbocycles. The molecule has 3 aromatic carbocycles. The lowest BCUT2D eigenvalue weighted by molar-refractivity contribution is 0.300. The third kappa shape index (κ3) is 5.42. The van der Waals surface area contributed by atoms with Crippen LogP contribution in [0.15, 0.2) is 94.8 Å². The Morgan fingerprint density at radius 1 is 1.00 bits per heavy atom. The summed E-state index contributed by atoms with van der Waals surface area (Å²) in [6.07, 6.45) is 1.59. The minimum Gasteiger partial charge on any atom is -0.489 e. The maximum absolute atomic E-state index is 13.7. The highest BCUT2D eigenvalue weighted by Gasteiger charge is 2.04. The van der Waals surface area contributed by atoms with Crippen LogP contribution in [0.2, 0.25) is 0 Å². The minimum atomic E-state index is -0.291. The lowest BCUT2D eigenvalue weighted by Gasteiger charge is -2.07. The summed E-state index contributed by atoms with van der Waals surface area (Å²) in [4.78, 5) is 18.9. The van der Waals surface area contributed by atoms with Gasteiger partial charge in [0.25, 0.3) is 5.56 Å². The molecule has 0 bridgehead atoms. The number of ether oxygens (including phenoxy) is 1. The highest BCUT2D eigenvalue weighted by Crippen LogP contribution is 2.16. The van der Waals surface area contributed by atoms with Crippen molar-refractivity contribution in [3.63, 3.8) is 0 Å². The molecule has 2 N–H and O–H groups in total. The van der Waals surface area contributed by atoms with Crippen molar-refractivity contribution in [3.8, 4) is 17.0 Å². The lowest BCUT2D eigenvalue weighted by Crippen LogP contribution is -2.10. The molecule has 1 aromatic heterocycles. The second-order valence-corrected chi connectivity index (χ2v) is 6.66. The number of nitrogens with zero attached hydrogens (tertiary/aromatic N) is 2. The Bertz CT molecular complexity index is 1240. The quantitative estimate of drug-likeness (QED) is 0.342. The summed E-state index contributed by atoms with van der Waals surface area (Å²) in [6.45, 7) is 0.151. The van der Waals surface area contributed by atoms with Crippen molar-refractivity contribution in [1.29, 1.82) is 0 Å². The maximum Gasteiger partial charge on any atom is 0.252 e. The van der Waals surface area contributed by atoms with Gasteiger partial charge in [-0.3, -0.25) is 9.78 Å². The van der Waals surface area contributed by atoms with E-state index in [4.69, 9.17) is 4.74 Å². The van der Waals surface area contributed by atoms with Crippen molar-refractivity contribution < 1.29 is 9.13 Å². The van der Waals surface area contributed by atoms with Crippen molar-refractivity contribution in [1.82, 2.24) is 9.97 Å². The first-order valence-electron chi connectivity index (χ1n) is 9.59. The summed E-state index contributed by atoms with van der Waals surface area (Å²) in [5, 5.41) is 4.12. The number of rotatable bonds is 7. The molecule has 0 radical (unpaired) electrons. The van der Waals surface area contributed by atoms with Crippen LogP contribution in [0.3, 0.4) is 0 Å². The van der Waals surface area contributed by atoms with Gasteiger partial charge in [-0.2, -0.15) is 5.10 Å². The zero-order valence-corrected chi connectivity index (χ0v) is 16.5. The minimum absolute atomic E-state index is 0.151. The summed E-state index contributed by atoms with van der Waals surface area (Å²) in [5.74, 6) is 0.572. The lowest BCUT2D eigenvalue weighted by atomic mass is 10.1. The number of aromatic amines is 1. The van der Waals surface area contributed by atoms with Gasteiger partial charge in [0.1, 0.15) is 18.2 Å². The van der Waals surface area contributed by atoms with E-state index in [9.17, 15) is 9.18 Å². The fraction of sp³-hybridized carbons (Fsp3) is 0.0417. The van der Waals surface area contributed by atoms with E-state index in [1.54, 1.807) is 36.5 Å². The molecular weight excluding hydrogens is 395 g/mol.